The molecule has 1 fully saturated rings. The number of hydrogen-bond acceptors (Lipinski definition) is 3. The second-order valence-corrected chi connectivity index (χ2v) is 4.81. The molecule has 1 atom stereocenters. The first-order valence-electron chi connectivity index (χ1n) is 6.20. The zero-order valence-electron chi connectivity index (χ0n) is 10.1. The summed E-state index contributed by atoms with van der Waals surface area (Å²) in [6.45, 7) is 2.24. The van der Waals surface area contributed by atoms with Crippen LogP contribution in [0.1, 0.15) is 16.8 Å². The number of H-pyrrole nitrogens is 1. The number of hydrogen-bond donors (Lipinski definition) is 2. The lowest BCUT2D eigenvalue weighted by Gasteiger charge is -2.16. The first-order valence-corrected chi connectivity index (χ1v) is 6.20. The van der Waals surface area contributed by atoms with E-state index in [1.165, 1.54) is 0 Å². The zero-order chi connectivity index (χ0) is 12.5. The molecular weight excluding hydrogens is 228 g/mol. The molecule has 3 N–H and O–H groups in total. The predicted octanol–water partition coefficient (Wildman–Crippen LogP) is 0.984. The highest BCUT2D eigenvalue weighted by Gasteiger charge is 2.26. The van der Waals surface area contributed by atoms with Gasteiger partial charge in [-0.3, -0.25) is 9.89 Å². The Morgan fingerprint density at radius 3 is 3.22 bits per heavy atom. The van der Waals surface area contributed by atoms with Gasteiger partial charge in [0.15, 0.2) is 0 Å². The van der Waals surface area contributed by atoms with Crippen LogP contribution < -0.4 is 5.73 Å². The molecule has 0 bridgehead atoms. The van der Waals surface area contributed by atoms with E-state index in [0.717, 1.165) is 30.4 Å². The van der Waals surface area contributed by atoms with Crippen LogP contribution in [0.25, 0.3) is 10.9 Å². The first kappa shape index (κ1) is 11.2. The van der Waals surface area contributed by atoms with E-state index in [2.05, 4.69) is 10.2 Å². The maximum atomic E-state index is 12.3. The average Bonchev–Trinajstić information content (AvgIpc) is 3.05. The van der Waals surface area contributed by atoms with Crippen LogP contribution in [-0.2, 0) is 0 Å². The van der Waals surface area contributed by atoms with Gasteiger partial charge in [0.2, 0.25) is 0 Å². The molecule has 0 saturated carbocycles. The molecule has 0 spiro atoms. The lowest BCUT2D eigenvalue weighted by atomic mass is 10.1. The molecule has 94 valence electrons. The molecule has 0 radical (unpaired) electrons. The monoisotopic (exact) mass is 244 g/mol. The number of nitrogens with one attached hydrogen (secondary N) is 1. The number of amides is 1. The van der Waals surface area contributed by atoms with Gasteiger partial charge >= 0.3 is 0 Å². The number of rotatable bonds is 2. The smallest absolute Gasteiger partial charge is 0.253 e. The first-order chi connectivity index (χ1) is 8.78. The van der Waals surface area contributed by atoms with Gasteiger partial charge in [0.25, 0.3) is 5.91 Å². The molecule has 1 aliphatic heterocycles. The van der Waals surface area contributed by atoms with Crippen molar-refractivity contribution in [2.75, 3.05) is 19.6 Å². The van der Waals surface area contributed by atoms with E-state index in [0.29, 0.717) is 18.0 Å². The van der Waals surface area contributed by atoms with Crippen LogP contribution in [0.3, 0.4) is 0 Å². The fraction of sp³-hybridized carbons (Fsp3) is 0.385. The van der Waals surface area contributed by atoms with Gasteiger partial charge in [0.05, 0.1) is 11.7 Å². The van der Waals surface area contributed by atoms with E-state index in [4.69, 9.17) is 5.73 Å². The number of aromatic amines is 1. The van der Waals surface area contributed by atoms with Crippen LogP contribution >= 0.6 is 0 Å². The molecule has 5 nitrogen and oxygen atoms in total. The molecular formula is C13H16N4O. The summed E-state index contributed by atoms with van der Waals surface area (Å²) in [5, 5.41) is 7.86. The fourth-order valence-corrected chi connectivity index (χ4v) is 2.46. The predicted molar refractivity (Wildman–Crippen MR) is 69.2 cm³/mol. The number of aromatic nitrogens is 2. The molecule has 0 aliphatic carbocycles. The lowest BCUT2D eigenvalue weighted by molar-refractivity contribution is 0.0788. The number of fused-ring (bicyclic) bond motifs is 1. The lowest BCUT2D eigenvalue weighted by Crippen LogP contribution is -2.29. The maximum absolute atomic E-state index is 12.3. The summed E-state index contributed by atoms with van der Waals surface area (Å²) < 4.78 is 0. The van der Waals surface area contributed by atoms with E-state index in [-0.39, 0.29) is 5.91 Å². The molecule has 3 rings (SSSR count). The van der Waals surface area contributed by atoms with Crippen molar-refractivity contribution in [2.45, 2.75) is 6.42 Å². The second-order valence-electron chi connectivity index (χ2n) is 4.81. The SMILES string of the molecule is NCC1CCN(C(=O)c2ccc3cn[nH]c3c2)C1. The summed E-state index contributed by atoms with van der Waals surface area (Å²) in [6, 6.07) is 5.64. The highest BCUT2D eigenvalue weighted by molar-refractivity contribution is 5.97. The van der Waals surface area contributed by atoms with Crippen molar-refractivity contribution in [1.29, 1.82) is 0 Å². The normalized spacial score (nSPS) is 19.6. The quantitative estimate of drug-likeness (QED) is 0.827. The molecule has 1 aromatic heterocycles. The molecule has 1 aliphatic rings. The Balaban J connectivity index is 1.83. The van der Waals surface area contributed by atoms with Crippen molar-refractivity contribution in [3.63, 3.8) is 0 Å². The number of likely N-dealkylation sites (tertiary alicyclic amines) is 1. The van der Waals surface area contributed by atoms with Gasteiger partial charge < -0.3 is 10.6 Å². The van der Waals surface area contributed by atoms with Crippen molar-refractivity contribution >= 4 is 16.8 Å². The summed E-state index contributed by atoms with van der Waals surface area (Å²) in [4.78, 5) is 14.2. The fourth-order valence-electron chi connectivity index (χ4n) is 2.46. The number of benzene rings is 1. The van der Waals surface area contributed by atoms with Crippen LogP contribution in [0.15, 0.2) is 24.4 Å². The minimum Gasteiger partial charge on any atom is -0.338 e. The Kier molecular flexibility index (Phi) is 2.76. The molecule has 1 aromatic carbocycles. The maximum Gasteiger partial charge on any atom is 0.253 e. The third-order valence-electron chi connectivity index (χ3n) is 3.60. The number of nitrogens with zero attached hydrogens (tertiary/aromatic N) is 2. The minimum absolute atomic E-state index is 0.0856. The molecule has 1 amide bonds. The number of carbonyl (C=O) groups excluding carboxylic acids is 1. The molecule has 5 heteroatoms. The molecule has 2 aromatic rings. The zero-order valence-corrected chi connectivity index (χ0v) is 10.1. The second kappa shape index (κ2) is 4.42. The van der Waals surface area contributed by atoms with E-state index in [9.17, 15) is 4.79 Å². The third kappa shape index (κ3) is 1.86. The van der Waals surface area contributed by atoms with Gasteiger partial charge in [0.1, 0.15) is 0 Å². The van der Waals surface area contributed by atoms with Gasteiger partial charge in [-0.1, -0.05) is 6.07 Å². The third-order valence-corrected chi connectivity index (χ3v) is 3.60. The Morgan fingerprint density at radius 1 is 1.56 bits per heavy atom. The van der Waals surface area contributed by atoms with E-state index in [1.54, 1.807) is 6.20 Å². The topological polar surface area (TPSA) is 75.0 Å². The Labute approximate surface area is 105 Å². The van der Waals surface area contributed by atoms with Crippen LogP contribution in [0.4, 0.5) is 0 Å². The van der Waals surface area contributed by atoms with E-state index in [1.807, 2.05) is 23.1 Å². The summed E-state index contributed by atoms with van der Waals surface area (Å²) in [6.07, 6.45) is 2.76. The van der Waals surface area contributed by atoms with E-state index < -0.39 is 0 Å². The van der Waals surface area contributed by atoms with Crippen LogP contribution in [0.5, 0.6) is 0 Å². The van der Waals surface area contributed by atoms with Crippen molar-refractivity contribution in [3.8, 4) is 0 Å². The highest BCUT2D eigenvalue weighted by Crippen LogP contribution is 2.19. The van der Waals surface area contributed by atoms with E-state index >= 15 is 0 Å². The summed E-state index contributed by atoms with van der Waals surface area (Å²) in [7, 11) is 0. The Hall–Kier alpha value is -1.88. The number of carbonyl (C=O) groups is 1. The van der Waals surface area contributed by atoms with Gasteiger partial charge in [-0.25, -0.2) is 0 Å². The van der Waals surface area contributed by atoms with Gasteiger partial charge in [-0.15, -0.1) is 0 Å². The van der Waals surface area contributed by atoms with Gasteiger partial charge in [-0.2, -0.15) is 5.10 Å². The Bertz CT molecular complexity index is 577. The molecule has 18 heavy (non-hydrogen) atoms. The van der Waals surface area contributed by atoms with Crippen molar-refractivity contribution < 1.29 is 4.79 Å². The highest BCUT2D eigenvalue weighted by atomic mass is 16.2. The van der Waals surface area contributed by atoms with Crippen LogP contribution in [0.2, 0.25) is 0 Å². The summed E-state index contributed by atoms with van der Waals surface area (Å²) in [5.41, 5.74) is 7.26. The molecule has 1 unspecified atom stereocenters. The van der Waals surface area contributed by atoms with Crippen molar-refractivity contribution in [1.82, 2.24) is 15.1 Å². The minimum atomic E-state index is 0.0856. The average molecular weight is 244 g/mol. The summed E-state index contributed by atoms with van der Waals surface area (Å²) in [5.74, 6) is 0.535. The standard InChI is InChI=1S/C13H16N4O/c14-6-9-3-4-17(8-9)13(18)10-1-2-11-7-15-16-12(11)5-10/h1-2,5,7,9H,3-4,6,8,14H2,(H,15,16). The molecule has 2 heterocycles. The van der Waals surface area contributed by atoms with Gasteiger partial charge in [-0.05, 0) is 31.0 Å². The Morgan fingerprint density at radius 2 is 2.44 bits per heavy atom. The molecule has 1 saturated heterocycles. The largest absolute Gasteiger partial charge is 0.338 e. The van der Waals surface area contributed by atoms with Crippen molar-refractivity contribution in [3.05, 3.63) is 30.0 Å². The van der Waals surface area contributed by atoms with Gasteiger partial charge in [0, 0.05) is 24.0 Å². The van der Waals surface area contributed by atoms with Crippen molar-refractivity contribution in [2.24, 2.45) is 11.7 Å². The number of nitrogens with two attached hydrogens (primary N) is 1. The summed E-state index contributed by atoms with van der Waals surface area (Å²) >= 11 is 0. The van der Waals surface area contributed by atoms with Crippen LogP contribution in [-0.4, -0.2) is 40.6 Å². The van der Waals surface area contributed by atoms with Crippen LogP contribution in [0, 0.1) is 5.92 Å².